The summed E-state index contributed by atoms with van der Waals surface area (Å²) in [5, 5.41) is 0.463. The second-order valence-electron chi connectivity index (χ2n) is 7.07. The minimum atomic E-state index is 0.0602. The van der Waals surface area contributed by atoms with Crippen LogP contribution in [0.5, 0.6) is 5.75 Å². The molecule has 1 aromatic rings. The van der Waals surface area contributed by atoms with Gasteiger partial charge in [-0.2, -0.15) is 0 Å². The van der Waals surface area contributed by atoms with Gasteiger partial charge in [-0.25, -0.2) is 0 Å². The maximum absolute atomic E-state index is 12.6. The molecule has 26 heavy (non-hydrogen) atoms. The maximum atomic E-state index is 12.6. The molecule has 0 heterocycles. The summed E-state index contributed by atoms with van der Waals surface area (Å²) in [4.78, 5) is 12.6. The molecule has 0 saturated heterocycles. The van der Waals surface area contributed by atoms with E-state index in [-0.39, 0.29) is 11.7 Å². The number of methoxy groups -OCH3 is 1. The van der Waals surface area contributed by atoms with Gasteiger partial charge in [-0.15, -0.1) is 0 Å². The highest BCUT2D eigenvalue weighted by molar-refractivity contribution is 6.43. The lowest BCUT2D eigenvalue weighted by Crippen LogP contribution is -2.13. The van der Waals surface area contributed by atoms with Crippen LogP contribution in [0.1, 0.15) is 76.7 Å². The molecule has 2 rings (SSSR count). The summed E-state index contributed by atoms with van der Waals surface area (Å²) in [5.74, 6) is 1.08. The van der Waals surface area contributed by atoms with Gasteiger partial charge in [-0.3, -0.25) is 4.79 Å². The standard InChI is InChI=1S/C23H31ClO2/c1-4-6-8-17-10-15-22(25)23(24)20(9-7-5-2)21(16-17)18-11-13-19(26-3)14-12-18/h10-14,21H,4-9,15-16H2,1-3H3/b17-10-,23-20+. The Labute approximate surface area is 163 Å². The van der Waals surface area contributed by atoms with Crippen LogP contribution in [-0.4, -0.2) is 12.9 Å². The van der Waals surface area contributed by atoms with E-state index < -0.39 is 0 Å². The lowest BCUT2D eigenvalue weighted by Gasteiger charge is -2.26. The van der Waals surface area contributed by atoms with Crippen molar-refractivity contribution >= 4 is 17.4 Å². The van der Waals surface area contributed by atoms with E-state index in [1.165, 1.54) is 11.1 Å². The molecule has 0 amide bonds. The number of carbonyl (C=O) groups is 1. The van der Waals surface area contributed by atoms with Crippen LogP contribution >= 0.6 is 11.6 Å². The molecule has 0 spiro atoms. The Balaban J connectivity index is 2.42. The molecule has 0 saturated carbocycles. The van der Waals surface area contributed by atoms with Gasteiger partial charge in [0, 0.05) is 12.3 Å². The van der Waals surface area contributed by atoms with Crippen molar-refractivity contribution in [2.24, 2.45) is 0 Å². The summed E-state index contributed by atoms with van der Waals surface area (Å²) >= 11 is 6.58. The number of ketones is 1. The topological polar surface area (TPSA) is 26.3 Å². The largest absolute Gasteiger partial charge is 0.497 e. The highest BCUT2D eigenvalue weighted by Gasteiger charge is 2.25. The number of allylic oxidation sites excluding steroid dienone is 4. The maximum Gasteiger partial charge on any atom is 0.177 e. The molecule has 1 aromatic carbocycles. The molecule has 0 radical (unpaired) electrons. The molecule has 1 aliphatic carbocycles. The van der Waals surface area contributed by atoms with Gasteiger partial charge < -0.3 is 4.74 Å². The van der Waals surface area contributed by atoms with Crippen molar-refractivity contribution in [3.8, 4) is 5.75 Å². The van der Waals surface area contributed by atoms with E-state index in [0.717, 1.165) is 56.3 Å². The van der Waals surface area contributed by atoms with E-state index in [0.29, 0.717) is 11.5 Å². The third kappa shape index (κ3) is 5.48. The molecular weight excluding hydrogens is 344 g/mol. The first-order valence-electron chi connectivity index (χ1n) is 9.84. The number of ether oxygens (including phenoxy) is 1. The van der Waals surface area contributed by atoms with Gasteiger partial charge in [-0.1, -0.05) is 62.1 Å². The van der Waals surface area contributed by atoms with Crippen molar-refractivity contribution in [1.29, 1.82) is 0 Å². The Morgan fingerprint density at radius 2 is 1.73 bits per heavy atom. The zero-order valence-electron chi connectivity index (χ0n) is 16.3. The summed E-state index contributed by atoms with van der Waals surface area (Å²) in [7, 11) is 1.68. The average Bonchev–Trinajstić information content (AvgIpc) is 2.67. The van der Waals surface area contributed by atoms with Crippen molar-refractivity contribution in [2.45, 2.75) is 71.1 Å². The Morgan fingerprint density at radius 3 is 2.35 bits per heavy atom. The molecule has 2 nitrogen and oxygen atoms in total. The van der Waals surface area contributed by atoms with E-state index in [4.69, 9.17) is 16.3 Å². The number of benzene rings is 1. The molecule has 0 fully saturated rings. The number of hydrogen-bond acceptors (Lipinski definition) is 2. The van der Waals surface area contributed by atoms with Crippen LogP contribution in [0.2, 0.25) is 0 Å². The van der Waals surface area contributed by atoms with Crippen molar-refractivity contribution in [1.82, 2.24) is 0 Å². The second-order valence-corrected chi connectivity index (χ2v) is 7.44. The molecule has 142 valence electrons. The third-order valence-corrected chi connectivity index (χ3v) is 5.61. The Morgan fingerprint density at radius 1 is 1.08 bits per heavy atom. The smallest absolute Gasteiger partial charge is 0.177 e. The molecular formula is C23H31ClO2. The van der Waals surface area contributed by atoms with Crippen molar-refractivity contribution in [2.75, 3.05) is 7.11 Å². The van der Waals surface area contributed by atoms with Crippen molar-refractivity contribution in [3.05, 3.63) is 52.1 Å². The highest BCUT2D eigenvalue weighted by Crippen LogP contribution is 2.40. The second kappa shape index (κ2) is 10.6. The molecule has 0 N–H and O–H groups in total. The Kier molecular flexibility index (Phi) is 8.44. The van der Waals surface area contributed by atoms with E-state index in [9.17, 15) is 4.79 Å². The number of unbranched alkanes of at least 4 members (excludes halogenated alkanes) is 2. The van der Waals surface area contributed by atoms with Crippen LogP contribution in [0.15, 0.2) is 46.5 Å². The molecule has 0 bridgehead atoms. The average molecular weight is 375 g/mol. The monoisotopic (exact) mass is 374 g/mol. The quantitative estimate of drug-likeness (QED) is 0.460. The predicted molar refractivity (Wildman–Crippen MR) is 110 cm³/mol. The molecule has 3 heteroatoms. The van der Waals surface area contributed by atoms with Gasteiger partial charge in [-0.05, 0) is 55.4 Å². The fraction of sp³-hybridized carbons (Fsp3) is 0.522. The number of Topliss-reactive ketones (excluding diaryl/α,β-unsaturated/α-hetero) is 1. The SMILES string of the molecule is CCCC/C1=C/CC(=O)/C(Cl)=C(/CCCC)C(c2ccc(OC)cc2)C1. The minimum absolute atomic E-state index is 0.0602. The number of carbonyl (C=O) groups excluding carboxylic acids is 1. The van der Waals surface area contributed by atoms with Crippen LogP contribution in [0.25, 0.3) is 0 Å². The van der Waals surface area contributed by atoms with Crippen LogP contribution in [0.4, 0.5) is 0 Å². The third-order valence-electron chi connectivity index (χ3n) is 5.16. The first-order valence-corrected chi connectivity index (χ1v) is 10.2. The predicted octanol–water partition coefficient (Wildman–Crippen LogP) is 6.94. The summed E-state index contributed by atoms with van der Waals surface area (Å²) in [6.45, 7) is 4.38. The Bertz CT molecular complexity index is 655. The zero-order chi connectivity index (χ0) is 18.9. The van der Waals surface area contributed by atoms with Gasteiger partial charge >= 0.3 is 0 Å². The molecule has 1 unspecified atom stereocenters. The van der Waals surface area contributed by atoms with E-state index in [1.807, 2.05) is 12.1 Å². The van der Waals surface area contributed by atoms with Crippen LogP contribution in [-0.2, 0) is 4.79 Å². The molecule has 1 aliphatic rings. The van der Waals surface area contributed by atoms with E-state index in [1.54, 1.807) is 7.11 Å². The van der Waals surface area contributed by atoms with Crippen LogP contribution in [0, 0.1) is 0 Å². The highest BCUT2D eigenvalue weighted by atomic mass is 35.5. The molecule has 1 atom stereocenters. The summed E-state index contributed by atoms with van der Waals surface area (Å²) in [6.07, 6.45) is 9.93. The minimum Gasteiger partial charge on any atom is -0.497 e. The van der Waals surface area contributed by atoms with E-state index in [2.05, 4.69) is 32.1 Å². The summed E-state index contributed by atoms with van der Waals surface area (Å²) in [6, 6.07) is 8.22. The van der Waals surface area contributed by atoms with E-state index >= 15 is 0 Å². The first kappa shape index (κ1) is 20.8. The van der Waals surface area contributed by atoms with Crippen LogP contribution < -0.4 is 4.74 Å². The molecule has 0 aromatic heterocycles. The summed E-state index contributed by atoms with van der Waals surface area (Å²) < 4.78 is 5.30. The lowest BCUT2D eigenvalue weighted by molar-refractivity contribution is -0.114. The van der Waals surface area contributed by atoms with Gasteiger partial charge in [0.15, 0.2) is 5.78 Å². The van der Waals surface area contributed by atoms with Gasteiger partial charge in [0.25, 0.3) is 0 Å². The van der Waals surface area contributed by atoms with Gasteiger partial charge in [0.2, 0.25) is 0 Å². The van der Waals surface area contributed by atoms with Crippen molar-refractivity contribution < 1.29 is 9.53 Å². The molecule has 0 aliphatic heterocycles. The fourth-order valence-corrected chi connectivity index (χ4v) is 3.85. The zero-order valence-corrected chi connectivity index (χ0v) is 17.1. The van der Waals surface area contributed by atoms with Gasteiger partial charge in [0.05, 0.1) is 12.1 Å². The Hall–Kier alpha value is -1.54. The normalized spacial score (nSPS) is 23.2. The van der Waals surface area contributed by atoms with Crippen molar-refractivity contribution in [3.63, 3.8) is 0 Å². The fourth-order valence-electron chi connectivity index (χ4n) is 3.54. The van der Waals surface area contributed by atoms with Gasteiger partial charge in [0.1, 0.15) is 5.75 Å². The van der Waals surface area contributed by atoms with Crippen LogP contribution in [0.3, 0.4) is 0 Å². The number of hydrogen-bond donors (Lipinski definition) is 0. The first-order chi connectivity index (χ1) is 12.6. The lowest BCUT2D eigenvalue weighted by atomic mass is 9.80. The summed E-state index contributed by atoms with van der Waals surface area (Å²) in [5.41, 5.74) is 3.72. The number of halogens is 1. The number of rotatable bonds is 8.